The van der Waals surface area contributed by atoms with Crippen LogP contribution in [0.4, 0.5) is 11.4 Å². The van der Waals surface area contributed by atoms with E-state index in [9.17, 15) is 9.59 Å². The third kappa shape index (κ3) is 3.56. The minimum atomic E-state index is -0.262. The fourth-order valence-corrected chi connectivity index (χ4v) is 4.66. The van der Waals surface area contributed by atoms with Gasteiger partial charge in [0, 0.05) is 40.7 Å². The molecule has 164 valence electrons. The van der Waals surface area contributed by atoms with Crippen molar-refractivity contribution in [2.24, 2.45) is 5.92 Å². The Morgan fingerprint density at radius 3 is 2.25 bits per heavy atom. The lowest BCUT2D eigenvalue weighted by atomic mass is 9.92. The molecule has 0 atom stereocenters. The molecule has 0 N–H and O–H groups in total. The van der Waals surface area contributed by atoms with Gasteiger partial charge in [-0.15, -0.1) is 0 Å². The molecule has 32 heavy (non-hydrogen) atoms. The summed E-state index contributed by atoms with van der Waals surface area (Å²) in [6.45, 7) is 7.39. The van der Waals surface area contributed by atoms with Crippen molar-refractivity contribution < 1.29 is 14.3 Å². The molecule has 5 nitrogen and oxygen atoms in total. The Kier molecular flexibility index (Phi) is 5.43. The van der Waals surface area contributed by atoms with Crippen molar-refractivity contribution in [2.75, 3.05) is 36.1 Å². The molecular weight excluding hydrogens is 400 g/mol. The second kappa shape index (κ2) is 8.40. The molecule has 2 aliphatic rings. The SMILES string of the molecule is CC(C)CCc1ccc(N2C(=O)c3cccc4c(N5CCOCC5)ccc(c34)C2=O)cc1. The highest BCUT2D eigenvalue weighted by Crippen LogP contribution is 2.37. The Balaban J connectivity index is 1.52. The fraction of sp³-hybridized carbons (Fsp3) is 0.333. The van der Waals surface area contributed by atoms with Gasteiger partial charge in [-0.3, -0.25) is 9.59 Å². The first-order valence-corrected chi connectivity index (χ1v) is 11.4. The summed E-state index contributed by atoms with van der Waals surface area (Å²) >= 11 is 0. The van der Waals surface area contributed by atoms with E-state index in [0.29, 0.717) is 35.9 Å². The number of imide groups is 1. The summed E-state index contributed by atoms with van der Waals surface area (Å²) in [5.74, 6) is 0.114. The molecule has 0 radical (unpaired) electrons. The quantitative estimate of drug-likeness (QED) is 0.533. The van der Waals surface area contributed by atoms with E-state index in [4.69, 9.17) is 4.74 Å². The number of nitrogens with zero attached hydrogens (tertiary/aromatic N) is 2. The average molecular weight is 429 g/mol. The van der Waals surface area contributed by atoms with Crippen molar-refractivity contribution in [3.05, 3.63) is 71.3 Å². The maximum absolute atomic E-state index is 13.5. The lowest BCUT2D eigenvalue weighted by Crippen LogP contribution is -2.41. The minimum Gasteiger partial charge on any atom is -0.378 e. The van der Waals surface area contributed by atoms with Gasteiger partial charge in [-0.2, -0.15) is 0 Å². The zero-order chi connectivity index (χ0) is 22.2. The Hall–Kier alpha value is -3.18. The maximum Gasteiger partial charge on any atom is 0.265 e. The van der Waals surface area contributed by atoms with Crippen LogP contribution in [0.5, 0.6) is 0 Å². The molecule has 1 saturated heterocycles. The first-order valence-electron chi connectivity index (χ1n) is 11.4. The monoisotopic (exact) mass is 428 g/mol. The number of ether oxygens (including phenoxy) is 1. The molecule has 0 saturated carbocycles. The van der Waals surface area contributed by atoms with Crippen molar-refractivity contribution >= 4 is 34.0 Å². The van der Waals surface area contributed by atoms with Crippen LogP contribution in [0.3, 0.4) is 0 Å². The van der Waals surface area contributed by atoms with Crippen LogP contribution in [0, 0.1) is 5.92 Å². The van der Waals surface area contributed by atoms with Gasteiger partial charge < -0.3 is 9.64 Å². The molecule has 3 aromatic carbocycles. The normalized spacial score (nSPS) is 16.3. The van der Waals surface area contributed by atoms with E-state index < -0.39 is 0 Å². The standard InChI is InChI=1S/C27H28N2O3/c1-18(2)6-7-19-8-10-20(11-9-19)29-26(30)22-5-3-4-21-24(28-14-16-32-17-15-28)13-12-23(25(21)22)27(29)31/h3-5,8-13,18H,6-7,14-17H2,1-2H3. The highest BCUT2D eigenvalue weighted by Gasteiger charge is 2.34. The molecule has 1 fully saturated rings. The van der Waals surface area contributed by atoms with Crippen LogP contribution in [-0.2, 0) is 11.2 Å². The molecule has 2 aliphatic heterocycles. The van der Waals surface area contributed by atoms with Gasteiger partial charge >= 0.3 is 0 Å². The first-order chi connectivity index (χ1) is 15.5. The number of carbonyl (C=O) groups is 2. The Morgan fingerprint density at radius 2 is 1.56 bits per heavy atom. The summed E-state index contributed by atoms with van der Waals surface area (Å²) < 4.78 is 5.49. The topological polar surface area (TPSA) is 49.9 Å². The van der Waals surface area contributed by atoms with Crippen LogP contribution in [0.2, 0.25) is 0 Å². The van der Waals surface area contributed by atoms with Gasteiger partial charge in [0.25, 0.3) is 11.8 Å². The van der Waals surface area contributed by atoms with Crippen LogP contribution in [0.15, 0.2) is 54.6 Å². The van der Waals surface area contributed by atoms with Gasteiger partial charge in [-0.1, -0.05) is 38.1 Å². The molecule has 0 unspecified atom stereocenters. The van der Waals surface area contributed by atoms with Crippen molar-refractivity contribution in [3.8, 4) is 0 Å². The molecule has 0 aromatic heterocycles. The molecule has 2 amide bonds. The van der Waals surface area contributed by atoms with E-state index >= 15 is 0 Å². The zero-order valence-corrected chi connectivity index (χ0v) is 18.6. The van der Waals surface area contributed by atoms with Gasteiger partial charge in [-0.05, 0) is 54.7 Å². The van der Waals surface area contributed by atoms with E-state index in [1.165, 1.54) is 10.5 Å². The van der Waals surface area contributed by atoms with Gasteiger partial charge in [0.1, 0.15) is 0 Å². The van der Waals surface area contributed by atoms with Gasteiger partial charge in [0.15, 0.2) is 0 Å². The Bertz CT molecular complexity index is 1160. The van der Waals surface area contributed by atoms with Gasteiger partial charge in [0.2, 0.25) is 0 Å². The van der Waals surface area contributed by atoms with E-state index in [1.807, 2.05) is 54.6 Å². The third-order valence-corrected chi connectivity index (χ3v) is 6.44. The van der Waals surface area contributed by atoms with E-state index in [-0.39, 0.29) is 11.8 Å². The summed E-state index contributed by atoms with van der Waals surface area (Å²) in [7, 11) is 0. The fourth-order valence-electron chi connectivity index (χ4n) is 4.66. The van der Waals surface area contributed by atoms with Crippen LogP contribution in [0.25, 0.3) is 10.8 Å². The van der Waals surface area contributed by atoms with Crippen LogP contribution in [-0.4, -0.2) is 38.1 Å². The Morgan fingerprint density at radius 1 is 0.875 bits per heavy atom. The zero-order valence-electron chi connectivity index (χ0n) is 18.6. The first kappa shape index (κ1) is 20.7. The summed E-state index contributed by atoms with van der Waals surface area (Å²) in [4.78, 5) is 30.5. The lowest BCUT2D eigenvalue weighted by molar-refractivity contribution is 0.0893. The predicted octanol–water partition coefficient (Wildman–Crippen LogP) is 5.07. The summed E-state index contributed by atoms with van der Waals surface area (Å²) in [5, 5.41) is 1.71. The lowest BCUT2D eigenvalue weighted by Gasteiger charge is -2.32. The van der Waals surface area contributed by atoms with Gasteiger partial charge in [0.05, 0.1) is 18.9 Å². The number of hydrogen-bond acceptors (Lipinski definition) is 4. The summed E-state index contributed by atoms with van der Waals surface area (Å²) in [6, 6.07) is 17.4. The number of aryl methyl sites for hydroxylation is 1. The molecule has 3 aromatic rings. The number of benzene rings is 3. The predicted molar refractivity (Wildman–Crippen MR) is 128 cm³/mol. The Labute approximate surface area is 188 Å². The largest absolute Gasteiger partial charge is 0.378 e. The molecule has 2 heterocycles. The van der Waals surface area contributed by atoms with Crippen molar-refractivity contribution in [1.82, 2.24) is 0 Å². The number of carbonyl (C=O) groups excluding carboxylic acids is 2. The highest BCUT2D eigenvalue weighted by molar-refractivity contribution is 6.36. The summed E-state index contributed by atoms with van der Waals surface area (Å²) in [6.07, 6.45) is 2.11. The minimum absolute atomic E-state index is 0.262. The smallest absolute Gasteiger partial charge is 0.265 e. The third-order valence-electron chi connectivity index (χ3n) is 6.44. The number of hydrogen-bond donors (Lipinski definition) is 0. The molecular formula is C27H28N2O3. The summed E-state index contributed by atoms with van der Waals surface area (Å²) in [5.41, 5.74) is 4.05. The van der Waals surface area contributed by atoms with Gasteiger partial charge in [-0.25, -0.2) is 4.90 Å². The molecule has 0 bridgehead atoms. The van der Waals surface area contributed by atoms with Crippen molar-refractivity contribution in [3.63, 3.8) is 0 Å². The molecule has 5 rings (SSSR count). The van der Waals surface area contributed by atoms with Crippen molar-refractivity contribution in [1.29, 1.82) is 0 Å². The second-order valence-electron chi connectivity index (χ2n) is 9.00. The molecule has 0 aliphatic carbocycles. The van der Waals surface area contributed by atoms with Crippen LogP contribution >= 0.6 is 0 Å². The molecule has 5 heteroatoms. The highest BCUT2D eigenvalue weighted by atomic mass is 16.5. The van der Waals surface area contributed by atoms with Crippen molar-refractivity contribution in [2.45, 2.75) is 26.7 Å². The average Bonchev–Trinajstić information content (AvgIpc) is 2.82. The number of anilines is 2. The van der Waals surface area contributed by atoms with E-state index in [0.717, 1.165) is 42.4 Å². The molecule has 0 spiro atoms. The number of amides is 2. The van der Waals surface area contributed by atoms with Crippen LogP contribution in [0.1, 0.15) is 46.5 Å². The van der Waals surface area contributed by atoms with E-state index in [1.54, 1.807) is 0 Å². The number of rotatable bonds is 5. The second-order valence-corrected chi connectivity index (χ2v) is 9.00. The number of morpholine rings is 1. The van der Waals surface area contributed by atoms with E-state index in [2.05, 4.69) is 18.7 Å². The van der Waals surface area contributed by atoms with Crippen LogP contribution < -0.4 is 9.80 Å². The maximum atomic E-state index is 13.5.